The third kappa shape index (κ3) is 3.63. The van der Waals surface area contributed by atoms with Crippen molar-refractivity contribution < 1.29 is 0 Å². The molecule has 2 aromatic rings. The van der Waals surface area contributed by atoms with Crippen molar-refractivity contribution in [2.24, 2.45) is 5.92 Å². The lowest BCUT2D eigenvalue weighted by molar-refractivity contribution is 0.208. The number of likely N-dealkylation sites (tertiary alicyclic amines) is 1. The number of nitrogens with one attached hydrogen (secondary N) is 1. The predicted molar refractivity (Wildman–Crippen MR) is 90.9 cm³/mol. The smallest absolute Gasteiger partial charge is 0.123 e. The first-order valence-electron chi connectivity index (χ1n) is 7.67. The average Bonchev–Trinajstić information content (AvgIpc) is 3.03. The highest BCUT2D eigenvalue weighted by atomic mass is 32.1. The second-order valence-corrected chi connectivity index (χ2v) is 6.88. The Kier molecular flexibility index (Phi) is 4.56. The molecule has 0 saturated carbocycles. The average molecular weight is 301 g/mol. The fourth-order valence-corrected chi connectivity index (χ4v) is 3.63. The number of anilines is 1. The number of rotatable bonds is 4. The molecular formula is C17H23N3S. The Balaban J connectivity index is 1.60. The summed E-state index contributed by atoms with van der Waals surface area (Å²) in [7, 11) is 2.21. The van der Waals surface area contributed by atoms with Crippen LogP contribution in [0.5, 0.6) is 0 Å². The zero-order valence-electron chi connectivity index (χ0n) is 12.7. The largest absolute Gasteiger partial charge is 0.382 e. The van der Waals surface area contributed by atoms with Crippen molar-refractivity contribution in [2.75, 3.05) is 25.5 Å². The van der Waals surface area contributed by atoms with E-state index in [2.05, 4.69) is 53.4 Å². The SMILES string of the molecule is CC(Nc1ccc(-c2nccs2)cc1)C1CCN(C)CC1. The fraction of sp³-hybridized carbons (Fsp3) is 0.471. The lowest BCUT2D eigenvalue weighted by Gasteiger charge is -2.33. The Morgan fingerprint density at radius 1 is 1.24 bits per heavy atom. The molecule has 0 radical (unpaired) electrons. The van der Waals surface area contributed by atoms with Crippen molar-refractivity contribution in [3.8, 4) is 10.6 Å². The first-order chi connectivity index (χ1) is 10.2. The number of aromatic nitrogens is 1. The molecule has 1 N–H and O–H groups in total. The first kappa shape index (κ1) is 14.5. The van der Waals surface area contributed by atoms with E-state index < -0.39 is 0 Å². The first-order valence-corrected chi connectivity index (χ1v) is 8.55. The Morgan fingerprint density at radius 3 is 2.57 bits per heavy atom. The molecule has 0 amide bonds. The van der Waals surface area contributed by atoms with Gasteiger partial charge in [-0.2, -0.15) is 0 Å². The second kappa shape index (κ2) is 6.58. The van der Waals surface area contributed by atoms with Crippen molar-refractivity contribution in [3.05, 3.63) is 35.8 Å². The molecular weight excluding hydrogens is 278 g/mol. The number of thiazole rings is 1. The highest BCUT2D eigenvalue weighted by Crippen LogP contribution is 2.25. The molecule has 1 aliphatic heterocycles. The van der Waals surface area contributed by atoms with E-state index >= 15 is 0 Å². The Morgan fingerprint density at radius 2 is 1.95 bits per heavy atom. The van der Waals surface area contributed by atoms with Crippen molar-refractivity contribution >= 4 is 17.0 Å². The van der Waals surface area contributed by atoms with Crippen molar-refractivity contribution in [1.29, 1.82) is 0 Å². The minimum Gasteiger partial charge on any atom is -0.382 e. The van der Waals surface area contributed by atoms with Gasteiger partial charge in [0.25, 0.3) is 0 Å². The number of nitrogens with zero attached hydrogens (tertiary/aromatic N) is 2. The molecule has 0 aliphatic carbocycles. The van der Waals surface area contributed by atoms with Gasteiger partial charge in [-0.25, -0.2) is 4.98 Å². The van der Waals surface area contributed by atoms with Gasteiger partial charge in [-0.05, 0) is 70.1 Å². The van der Waals surface area contributed by atoms with Crippen LogP contribution in [0.25, 0.3) is 10.6 Å². The number of hydrogen-bond donors (Lipinski definition) is 1. The van der Waals surface area contributed by atoms with E-state index in [1.165, 1.54) is 37.2 Å². The van der Waals surface area contributed by atoms with E-state index in [1.807, 2.05) is 11.6 Å². The van der Waals surface area contributed by atoms with Crippen molar-refractivity contribution in [2.45, 2.75) is 25.8 Å². The molecule has 3 rings (SSSR count). The molecule has 112 valence electrons. The zero-order valence-corrected chi connectivity index (χ0v) is 13.6. The molecule has 4 heteroatoms. The van der Waals surface area contributed by atoms with Gasteiger partial charge in [-0.1, -0.05) is 0 Å². The Hall–Kier alpha value is -1.39. The van der Waals surface area contributed by atoms with Crippen LogP contribution in [-0.4, -0.2) is 36.1 Å². The summed E-state index contributed by atoms with van der Waals surface area (Å²) in [5, 5.41) is 6.77. The molecule has 0 bridgehead atoms. The summed E-state index contributed by atoms with van der Waals surface area (Å²) < 4.78 is 0. The summed E-state index contributed by atoms with van der Waals surface area (Å²) in [6.45, 7) is 4.75. The molecule has 1 saturated heterocycles. The number of piperidine rings is 1. The molecule has 2 heterocycles. The lowest BCUT2D eigenvalue weighted by atomic mass is 9.90. The standard InChI is InChI=1S/C17H23N3S/c1-13(14-7-10-20(2)11-8-14)19-16-5-3-15(4-6-16)17-18-9-12-21-17/h3-6,9,12-14,19H,7-8,10-11H2,1-2H3. The normalized spacial score (nSPS) is 18.6. The van der Waals surface area contributed by atoms with E-state index in [0.29, 0.717) is 6.04 Å². The zero-order chi connectivity index (χ0) is 14.7. The van der Waals surface area contributed by atoms with Crippen molar-refractivity contribution in [3.63, 3.8) is 0 Å². The summed E-state index contributed by atoms with van der Waals surface area (Å²) in [6.07, 6.45) is 4.44. The minimum absolute atomic E-state index is 0.532. The molecule has 1 aromatic carbocycles. The molecule has 1 aromatic heterocycles. The molecule has 21 heavy (non-hydrogen) atoms. The van der Waals surface area contributed by atoms with Crippen LogP contribution >= 0.6 is 11.3 Å². The summed E-state index contributed by atoms with van der Waals surface area (Å²) in [5.41, 5.74) is 2.41. The number of hydrogen-bond acceptors (Lipinski definition) is 4. The van der Waals surface area contributed by atoms with Crippen LogP contribution in [0.2, 0.25) is 0 Å². The van der Waals surface area contributed by atoms with Gasteiger partial charge in [0.15, 0.2) is 0 Å². The predicted octanol–water partition coefficient (Wildman–Crippen LogP) is 3.95. The van der Waals surface area contributed by atoms with Crippen molar-refractivity contribution in [1.82, 2.24) is 9.88 Å². The topological polar surface area (TPSA) is 28.2 Å². The maximum Gasteiger partial charge on any atom is 0.123 e. The van der Waals surface area contributed by atoms with Gasteiger partial charge in [0, 0.05) is 28.9 Å². The quantitative estimate of drug-likeness (QED) is 0.926. The summed E-state index contributed by atoms with van der Waals surface area (Å²) >= 11 is 1.68. The van der Waals surface area contributed by atoms with Gasteiger partial charge in [0.1, 0.15) is 5.01 Å². The van der Waals surface area contributed by atoms with E-state index in [4.69, 9.17) is 0 Å². The van der Waals surface area contributed by atoms with E-state index in [1.54, 1.807) is 11.3 Å². The van der Waals surface area contributed by atoms with Crippen LogP contribution in [0.3, 0.4) is 0 Å². The molecule has 3 nitrogen and oxygen atoms in total. The monoisotopic (exact) mass is 301 g/mol. The van der Waals surface area contributed by atoms with Gasteiger partial charge < -0.3 is 10.2 Å². The maximum absolute atomic E-state index is 4.35. The Labute approximate surface area is 131 Å². The third-order valence-electron chi connectivity index (χ3n) is 4.43. The summed E-state index contributed by atoms with van der Waals surface area (Å²) in [4.78, 5) is 6.77. The summed E-state index contributed by atoms with van der Waals surface area (Å²) in [5.74, 6) is 0.778. The molecule has 1 fully saturated rings. The van der Waals surface area contributed by atoms with Gasteiger partial charge in [-0.15, -0.1) is 11.3 Å². The van der Waals surface area contributed by atoms with E-state index in [-0.39, 0.29) is 0 Å². The van der Waals surface area contributed by atoms with Crippen LogP contribution in [0.1, 0.15) is 19.8 Å². The van der Waals surface area contributed by atoms with Crippen LogP contribution in [0.4, 0.5) is 5.69 Å². The van der Waals surface area contributed by atoms with Gasteiger partial charge in [-0.3, -0.25) is 0 Å². The molecule has 0 spiro atoms. The Bertz CT molecular complexity index is 542. The van der Waals surface area contributed by atoms with Gasteiger partial charge in [0.05, 0.1) is 0 Å². The van der Waals surface area contributed by atoms with E-state index in [0.717, 1.165) is 10.9 Å². The van der Waals surface area contributed by atoms with Crippen LogP contribution in [0.15, 0.2) is 35.8 Å². The van der Waals surface area contributed by atoms with Crippen LogP contribution in [0, 0.1) is 5.92 Å². The third-order valence-corrected chi connectivity index (χ3v) is 5.25. The molecule has 1 unspecified atom stereocenters. The highest BCUT2D eigenvalue weighted by molar-refractivity contribution is 7.13. The lowest BCUT2D eigenvalue weighted by Crippen LogP contribution is -2.37. The van der Waals surface area contributed by atoms with Crippen LogP contribution < -0.4 is 5.32 Å². The van der Waals surface area contributed by atoms with Gasteiger partial charge in [0.2, 0.25) is 0 Å². The molecule has 1 aliphatic rings. The second-order valence-electron chi connectivity index (χ2n) is 5.99. The van der Waals surface area contributed by atoms with Crippen LogP contribution in [-0.2, 0) is 0 Å². The molecule has 1 atom stereocenters. The van der Waals surface area contributed by atoms with Gasteiger partial charge >= 0.3 is 0 Å². The maximum atomic E-state index is 4.35. The van der Waals surface area contributed by atoms with E-state index in [9.17, 15) is 0 Å². The fourth-order valence-electron chi connectivity index (χ4n) is 2.98. The minimum atomic E-state index is 0.532. The summed E-state index contributed by atoms with van der Waals surface area (Å²) in [6, 6.07) is 9.18. The number of benzene rings is 1. The highest BCUT2D eigenvalue weighted by Gasteiger charge is 2.22.